The van der Waals surface area contributed by atoms with Crippen LogP contribution in [0, 0.1) is 5.82 Å². The van der Waals surface area contributed by atoms with E-state index in [1.807, 2.05) is 6.07 Å². The molecule has 0 radical (unpaired) electrons. The Morgan fingerprint density at radius 2 is 1.92 bits per heavy atom. The maximum Gasteiger partial charge on any atom is 0.123 e. The molecular weight excluding hydrogens is 299 g/mol. The van der Waals surface area contributed by atoms with Crippen LogP contribution in [0.15, 0.2) is 54.6 Å². The summed E-state index contributed by atoms with van der Waals surface area (Å²) in [7, 11) is 2.10. The Balaban J connectivity index is 1.46. The van der Waals surface area contributed by atoms with Crippen molar-refractivity contribution in [2.75, 3.05) is 0 Å². The van der Waals surface area contributed by atoms with Crippen molar-refractivity contribution in [3.8, 4) is 0 Å². The second-order valence-corrected chi connectivity index (χ2v) is 6.90. The van der Waals surface area contributed by atoms with E-state index >= 15 is 0 Å². The summed E-state index contributed by atoms with van der Waals surface area (Å²) in [5.74, 6) is 0.396. The summed E-state index contributed by atoms with van der Waals surface area (Å²) in [6, 6.07) is 18.4. The van der Waals surface area contributed by atoms with Crippen LogP contribution in [0.2, 0.25) is 0 Å². The zero-order chi connectivity index (χ0) is 16.5. The maximum absolute atomic E-state index is 13.5. The van der Waals surface area contributed by atoms with E-state index in [0.29, 0.717) is 12.0 Å². The Morgan fingerprint density at radius 1 is 1.08 bits per heavy atom. The zero-order valence-corrected chi connectivity index (χ0v) is 14.0. The van der Waals surface area contributed by atoms with Crippen molar-refractivity contribution < 1.29 is 4.39 Å². The molecule has 0 spiro atoms. The van der Waals surface area contributed by atoms with E-state index in [9.17, 15) is 4.39 Å². The van der Waals surface area contributed by atoms with Crippen molar-refractivity contribution in [3.63, 3.8) is 0 Å². The summed E-state index contributed by atoms with van der Waals surface area (Å²) in [4.78, 5) is 0. The summed E-state index contributed by atoms with van der Waals surface area (Å²) in [6.07, 6.45) is 3.55. The highest BCUT2D eigenvalue weighted by Crippen LogP contribution is 2.37. The molecule has 0 saturated heterocycles. The second kappa shape index (κ2) is 6.40. The van der Waals surface area contributed by atoms with Gasteiger partial charge in [-0.3, -0.25) is 0 Å². The van der Waals surface area contributed by atoms with Crippen molar-refractivity contribution in [2.24, 2.45) is 7.05 Å². The molecule has 3 heteroatoms. The lowest BCUT2D eigenvalue weighted by Crippen LogP contribution is -2.25. The molecule has 0 aliphatic heterocycles. The number of aromatic nitrogens is 1. The molecule has 1 fully saturated rings. The van der Waals surface area contributed by atoms with Crippen molar-refractivity contribution in [1.29, 1.82) is 0 Å². The first-order valence-corrected chi connectivity index (χ1v) is 8.73. The van der Waals surface area contributed by atoms with Gasteiger partial charge in [-0.2, -0.15) is 0 Å². The molecule has 0 amide bonds. The summed E-state index contributed by atoms with van der Waals surface area (Å²) < 4.78 is 15.7. The van der Waals surface area contributed by atoms with Crippen LogP contribution < -0.4 is 5.32 Å². The van der Waals surface area contributed by atoms with Crippen molar-refractivity contribution in [1.82, 2.24) is 9.88 Å². The molecule has 2 atom stereocenters. The molecule has 2 unspecified atom stereocenters. The smallest absolute Gasteiger partial charge is 0.123 e. The van der Waals surface area contributed by atoms with Gasteiger partial charge in [-0.1, -0.05) is 30.3 Å². The number of halogens is 1. The van der Waals surface area contributed by atoms with Crippen LogP contribution in [0.3, 0.4) is 0 Å². The van der Waals surface area contributed by atoms with Crippen LogP contribution >= 0.6 is 0 Å². The number of aryl methyl sites for hydroxylation is 1. The third kappa shape index (κ3) is 2.96. The average molecular weight is 322 g/mol. The SMILES string of the molecule is Cn1c(C2CCC(NCc3ccccc3)C2)cc2cc(F)ccc21. The number of nitrogens with one attached hydrogen (secondary N) is 1. The third-order valence-electron chi connectivity index (χ3n) is 5.33. The van der Waals surface area contributed by atoms with Crippen LogP contribution in [-0.4, -0.2) is 10.6 Å². The lowest BCUT2D eigenvalue weighted by atomic mass is 10.0. The molecule has 1 aliphatic rings. The largest absolute Gasteiger partial charge is 0.347 e. The highest BCUT2D eigenvalue weighted by Gasteiger charge is 2.27. The number of hydrogen-bond acceptors (Lipinski definition) is 1. The van der Waals surface area contributed by atoms with Crippen molar-refractivity contribution in [2.45, 2.75) is 37.8 Å². The van der Waals surface area contributed by atoms with E-state index in [2.05, 4.69) is 53.3 Å². The van der Waals surface area contributed by atoms with E-state index in [4.69, 9.17) is 0 Å². The number of nitrogens with zero attached hydrogens (tertiary/aromatic N) is 1. The molecule has 2 nitrogen and oxygen atoms in total. The fourth-order valence-electron chi connectivity index (χ4n) is 4.03. The minimum Gasteiger partial charge on any atom is -0.347 e. The third-order valence-corrected chi connectivity index (χ3v) is 5.33. The van der Waals surface area contributed by atoms with E-state index < -0.39 is 0 Å². The van der Waals surface area contributed by atoms with Crippen LogP contribution in [0.25, 0.3) is 10.9 Å². The van der Waals surface area contributed by atoms with Gasteiger partial charge >= 0.3 is 0 Å². The number of hydrogen-bond donors (Lipinski definition) is 1. The highest BCUT2D eigenvalue weighted by atomic mass is 19.1. The first-order chi connectivity index (χ1) is 11.7. The molecule has 1 N–H and O–H groups in total. The zero-order valence-electron chi connectivity index (χ0n) is 14.0. The number of benzene rings is 2. The standard InChI is InChI=1S/C21H23FN2/c1-24-20-10-8-18(22)11-17(20)13-21(24)16-7-9-19(12-16)23-14-15-5-3-2-4-6-15/h2-6,8,10-11,13,16,19,23H,7,9,12,14H2,1H3. The Morgan fingerprint density at radius 3 is 2.75 bits per heavy atom. The normalized spacial score (nSPS) is 20.8. The molecule has 24 heavy (non-hydrogen) atoms. The van der Waals surface area contributed by atoms with Gasteiger partial charge in [0.1, 0.15) is 5.82 Å². The summed E-state index contributed by atoms with van der Waals surface area (Å²) in [5.41, 5.74) is 3.78. The van der Waals surface area contributed by atoms with Crippen molar-refractivity contribution in [3.05, 3.63) is 71.7 Å². The van der Waals surface area contributed by atoms with Gasteiger partial charge in [0.05, 0.1) is 0 Å². The van der Waals surface area contributed by atoms with Gasteiger partial charge in [0.2, 0.25) is 0 Å². The molecule has 4 rings (SSSR count). The molecule has 0 bridgehead atoms. The quantitative estimate of drug-likeness (QED) is 0.734. The van der Waals surface area contributed by atoms with E-state index in [1.54, 1.807) is 12.1 Å². The Labute approximate surface area is 142 Å². The van der Waals surface area contributed by atoms with Crippen LogP contribution in [-0.2, 0) is 13.6 Å². The van der Waals surface area contributed by atoms with Crippen LogP contribution in [0.5, 0.6) is 0 Å². The van der Waals surface area contributed by atoms with E-state index in [0.717, 1.165) is 23.9 Å². The molecule has 1 aromatic heterocycles. The van der Waals surface area contributed by atoms with Gasteiger partial charge < -0.3 is 9.88 Å². The molecule has 1 saturated carbocycles. The lowest BCUT2D eigenvalue weighted by Gasteiger charge is -2.14. The fraction of sp³-hybridized carbons (Fsp3) is 0.333. The van der Waals surface area contributed by atoms with E-state index in [-0.39, 0.29) is 5.82 Å². The Bertz CT molecular complexity index is 838. The topological polar surface area (TPSA) is 17.0 Å². The summed E-state index contributed by atoms with van der Waals surface area (Å²) in [6.45, 7) is 0.929. The van der Waals surface area contributed by atoms with Gasteiger partial charge in [0, 0.05) is 42.1 Å². The molecule has 3 aromatic rings. The van der Waals surface area contributed by atoms with Gasteiger partial charge in [0.15, 0.2) is 0 Å². The molecule has 1 aliphatic carbocycles. The Hall–Kier alpha value is -2.13. The minimum atomic E-state index is -0.159. The van der Waals surface area contributed by atoms with Gasteiger partial charge in [-0.25, -0.2) is 4.39 Å². The summed E-state index contributed by atoms with van der Waals surface area (Å²) in [5, 5.41) is 4.70. The van der Waals surface area contributed by atoms with E-state index in [1.165, 1.54) is 24.1 Å². The first-order valence-electron chi connectivity index (χ1n) is 8.73. The number of rotatable bonds is 4. The predicted octanol–water partition coefficient (Wildman–Crippen LogP) is 4.74. The average Bonchev–Trinajstić information content (AvgIpc) is 3.18. The predicted molar refractivity (Wildman–Crippen MR) is 96.5 cm³/mol. The van der Waals surface area contributed by atoms with Gasteiger partial charge in [-0.05, 0) is 49.1 Å². The molecule has 2 aromatic carbocycles. The molecule has 1 heterocycles. The maximum atomic E-state index is 13.5. The lowest BCUT2D eigenvalue weighted by molar-refractivity contribution is 0.514. The van der Waals surface area contributed by atoms with Crippen molar-refractivity contribution >= 4 is 10.9 Å². The highest BCUT2D eigenvalue weighted by molar-refractivity contribution is 5.81. The van der Waals surface area contributed by atoms with Gasteiger partial charge in [0.25, 0.3) is 0 Å². The molecular formula is C21H23FN2. The monoisotopic (exact) mass is 322 g/mol. The first kappa shape index (κ1) is 15.4. The Kier molecular flexibility index (Phi) is 4.11. The second-order valence-electron chi connectivity index (χ2n) is 6.90. The fourth-order valence-corrected chi connectivity index (χ4v) is 4.03. The minimum absolute atomic E-state index is 0.159. The van der Waals surface area contributed by atoms with Crippen LogP contribution in [0.1, 0.15) is 36.4 Å². The summed E-state index contributed by atoms with van der Waals surface area (Å²) >= 11 is 0. The van der Waals surface area contributed by atoms with Gasteiger partial charge in [-0.15, -0.1) is 0 Å². The number of fused-ring (bicyclic) bond motifs is 1. The van der Waals surface area contributed by atoms with Crippen LogP contribution in [0.4, 0.5) is 4.39 Å². The molecule has 124 valence electrons.